The summed E-state index contributed by atoms with van der Waals surface area (Å²) in [5.74, 6) is 1.58. The normalized spacial score (nSPS) is 10.9. The average Bonchev–Trinajstić information content (AvgIpc) is 3.24. The van der Waals surface area contributed by atoms with Crippen LogP contribution in [-0.2, 0) is 29.2 Å². The maximum absolute atomic E-state index is 12.9. The molecule has 188 valence electrons. The number of amides is 1. The first-order valence-corrected chi connectivity index (χ1v) is 12.2. The second-order valence-electron chi connectivity index (χ2n) is 8.44. The monoisotopic (exact) mass is 488 g/mol. The number of rotatable bonds is 12. The molecule has 0 spiro atoms. The number of carbonyl (C=O) groups excluding carboxylic acids is 1. The Morgan fingerprint density at radius 1 is 1.00 bits per heavy atom. The van der Waals surface area contributed by atoms with Gasteiger partial charge in [-0.3, -0.25) is 4.98 Å². The Morgan fingerprint density at radius 3 is 2.61 bits per heavy atom. The number of aromatic nitrogens is 1. The van der Waals surface area contributed by atoms with Crippen LogP contribution in [0.4, 0.5) is 4.79 Å². The van der Waals surface area contributed by atoms with Crippen LogP contribution in [0.5, 0.6) is 5.75 Å². The van der Waals surface area contributed by atoms with Gasteiger partial charge in [0.15, 0.2) is 0 Å². The molecule has 0 unspecified atom stereocenters. The quantitative estimate of drug-likeness (QED) is 0.219. The maximum Gasteiger partial charge on any atom is 0.410 e. The van der Waals surface area contributed by atoms with E-state index in [0.717, 1.165) is 39.2 Å². The van der Waals surface area contributed by atoms with Crippen LogP contribution in [0, 0.1) is 6.92 Å². The number of fused-ring (bicyclic) bond motifs is 1. The van der Waals surface area contributed by atoms with E-state index >= 15 is 0 Å². The highest BCUT2D eigenvalue weighted by Gasteiger charge is 2.17. The molecule has 1 amide bonds. The van der Waals surface area contributed by atoms with Gasteiger partial charge in [-0.25, -0.2) is 4.79 Å². The molecule has 7 heteroatoms. The molecular weight excluding hydrogens is 456 g/mol. The minimum atomic E-state index is -0.365. The molecule has 0 atom stereocenters. The van der Waals surface area contributed by atoms with Crippen LogP contribution in [0.25, 0.3) is 11.0 Å². The Kier molecular flexibility index (Phi) is 8.94. The standard InChI is InChI=1S/C29H32N2O5/c1-3-33-21-27-22(2)28-25(13-7-14-26(28)36-27)34-17-9-16-31(19-24-12-8-15-30-18-24)29(32)35-20-23-10-5-4-6-11-23/h4-8,10-15,18H,3,9,16-17,19-21H2,1-2H3. The number of benzene rings is 2. The number of hydrogen-bond acceptors (Lipinski definition) is 6. The summed E-state index contributed by atoms with van der Waals surface area (Å²) >= 11 is 0. The van der Waals surface area contributed by atoms with E-state index in [9.17, 15) is 4.79 Å². The molecule has 2 aromatic carbocycles. The number of hydrogen-bond donors (Lipinski definition) is 0. The average molecular weight is 489 g/mol. The molecule has 0 aliphatic carbocycles. The van der Waals surface area contributed by atoms with Crippen molar-refractivity contribution in [3.05, 3.63) is 95.5 Å². The lowest BCUT2D eigenvalue weighted by Gasteiger charge is -2.22. The van der Waals surface area contributed by atoms with Crippen molar-refractivity contribution in [3.8, 4) is 5.75 Å². The van der Waals surface area contributed by atoms with Crippen molar-refractivity contribution >= 4 is 17.1 Å². The fourth-order valence-electron chi connectivity index (χ4n) is 3.96. The minimum Gasteiger partial charge on any atom is -0.493 e. The van der Waals surface area contributed by atoms with Crippen LogP contribution >= 0.6 is 0 Å². The number of pyridine rings is 1. The first-order valence-electron chi connectivity index (χ1n) is 12.2. The molecule has 2 heterocycles. The van der Waals surface area contributed by atoms with Crippen molar-refractivity contribution in [2.24, 2.45) is 0 Å². The third kappa shape index (κ3) is 6.64. The fraction of sp³-hybridized carbons (Fsp3) is 0.310. The Hall–Kier alpha value is -3.84. The summed E-state index contributed by atoms with van der Waals surface area (Å²) in [6, 6.07) is 19.3. The predicted octanol–water partition coefficient (Wildman–Crippen LogP) is 6.28. The smallest absolute Gasteiger partial charge is 0.410 e. The highest BCUT2D eigenvalue weighted by atomic mass is 16.6. The first kappa shape index (κ1) is 25.3. The number of nitrogens with zero attached hydrogens (tertiary/aromatic N) is 2. The van der Waals surface area contributed by atoms with Crippen molar-refractivity contribution in [3.63, 3.8) is 0 Å². The predicted molar refractivity (Wildman–Crippen MR) is 138 cm³/mol. The molecule has 7 nitrogen and oxygen atoms in total. The summed E-state index contributed by atoms with van der Waals surface area (Å²) in [4.78, 5) is 18.8. The topological polar surface area (TPSA) is 74.0 Å². The van der Waals surface area contributed by atoms with Crippen molar-refractivity contribution in [2.75, 3.05) is 19.8 Å². The lowest BCUT2D eigenvalue weighted by Crippen LogP contribution is -2.32. The van der Waals surface area contributed by atoms with Crippen molar-refractivity contribution in [2.45, 2.75) is 40.0 Å². The van der Waals surface area contributed by atoms with E-state index in [2.05, 4.69) is 4.98 Å². The zero-order chi connectivity index (χ0) is 25.2. The van der Waals surface area contributed by atoms with Crippen LogP contribution in [0.15, 0.2) is 77.5 Å². The van der Waals surface area contributed by atoms with Crippen LogP contribution in [0.3, 0.4) is 0 Å². The Bertz CT molecular complexity index is 1240. The molecule has 4 aromatic rings. The number of aryl methyl sites for hydroxylation is 1. The van der Waals surface area contributed by atoms with Gasteiger partial charge in [-0.2, -0.15) is 0 Å². The third-order valence-corrected chi connectivity index (χ3v) is 5.84. The van der Waals surface area contributed by atoms with E-state index in [-0.39, 0.29) is 12.7 Å². The SMILES string of the molecule is CCOCc1oc2cccc(OCCCN(Cc3cccnc3)C(=O)OCc3ccccc3)c2c1C. The van der Waals surface area contributed by atoms with E-state index in [4.69, 9.17) is 18.6 Å². The minimum absolute atomic E-state index is 0.228. The van der Waals surface area contributed by atoms with Gasteiger partial charge in [-0.15, -0.1) is 0 Å². The molecule has 0 aliphatic rings. The number of carbonyl (C=O) groups is 1. The van der Waals surface area contributed by atoms with Gasteiger partial charge in [0.25, 0.3) is 0 Å². The van der Waals surface area contributed by atoms with Gasteiger partial charge in [0.05, 0.1) is 18.5 Å². The van der Waals surface area contributed by atoms with Crippen molar-refractivity contribution in [1.82, 2.24) is 9.88 Å². The van der Waals surface area contributed by atoms with Crippen molar-refractivity contribution < 1.29 is 23.4 Å². The maximum atomic E-state index is 12.9. The van der Waals surface area contributed by atoms with Crippen LogP contribution in [-0.4, -0.2) is 35.7 Å². The summed E-state index contributed by atoms with van der Waals surface area (Å²) in [5, 5.41) is 0.960. The molecular formula is C29H32N2O5. The van der Waals surface area contributed by atoms with Gasteiger partial charge >= 0.3 is 6.09 Å². The fourth-order valence-corrected chi connectivity index (χ4v) is 3.96. The zero-order valence-corrected chi connectivity index (χ0v) is 20.8. The summed E-state index contributed by atoms with van der Waals surface area (Å²) in [6.07, 6.45) is 3.75. The summed E-state index contributed by atoms with van der Waals surface area (Å²) in [7, 11) is 0. The summed E-state index contributed by atoms with van der Waals surface area (Å²) < 4.78 is 23.2. The summed E-state index contributed by atoms with van der Waals surface area (Å²) in [6.45, 7) is 6.61. The second kappa shape index (κ2) is 12.7. The van der Waals surface area contributed by atoms with E-state index in [1.165, 1.54) is 0 Å². The first-order chi connectivity index (χ1) is 17.7. The lowest BCUT2D eigenvalue weighted by molar-refractivity contribution is 0.0915. The van der Waals surface area contributed by atoms with Gasteiger partial charge in [-0.1, -0.05) is 42.5 Å². The third-order valence-electron chi connectivity index (χ3n) is 5.84. The lowest BCUT2D eigenvalue weighted by atomic mass is 10.1. The molecule has 0 bridgehead atoms. The molecule has 0 saturated heterocycles. The van der Waals surface area contributed by atoms with Gasteiger partial charge < -0.3 is 23.5 Å². The van der Waals surface area contributed by atoms with E-state index < -0.39 is 0 Å². The molecule has 4 rings (SSSR count). The Morgan fingerprint density at radius 2 is 1.83 bits per heavy atom. The number of furan rings is 1. The Balaban J connectivity index is 1.37. The molecule has 0 N–H and O–H groups in total. The molecule has 0 radical (unpaired) electrons. The van der Waals surface area contributed by atoms with Gasteiger partial charge in [0.2, 0.25) is 0 Å². The van der Waals surface area contributed by atoms with Crippen LogP contribution in [0.2, 0.25) is 0 Å². The van der Waals surface area contributed by atoms with Crippen LogP contribution < -0.4 is 4.74 Å². The molecule has 0 aliphatic heterocycles. The van der Waals surface area contributed by atoms with E-state index in [1.54, 1.807) is 17.3 Å². The molecule has 2 aromatic heterocycles. The van der Waals surface area contributed by atoms with Crippen LogP contribution in [0.1, 0.15) is 35.8 Å². The molecule has 0 saturated carbocycles. The van der Waals surface area contributed by atoms with Gasteiger partial charge in [0.1, 0.15) is 30.3 Å². The zero-order valence-electron chi connectivity index (χ0n) is 20.8. The molecule has 36 heavy (non-hydrogen) atoms. The van der Waals surface area contributed by atoms with E-state index in [0.29, 0.717) is 39.3 Å². The highest BCUT2D eigenvalue weighted by Crippen LogP contribution is 2.33. The van der Waals surface area contributed by atoms with Crippen molar-refractivity contribution in [1.29, 1.82) is 0 Å². The van der Waals surface area contributed by atoms with E-state index in [1.807, 2.05) is 74.5 Å². The Labute approximate surface area is 211 Å². The highest BCUT2D eigenvalue weighted by molar-refractivity contribution is 5.88. The number of ether oxygens (including phenoxy) is 3. The van der Waals surface area contributed by atoms with Gasteiger partial charge in [-0.05, 0) is 49.6 Å². The largest absolute Gasteiger partial charge is 0.493 e. The summed E-state index contributed by atoms with van der Waals surface area (Å²) in [5.41, 5.74) is 3.69. The van der Waals surface area contributed by atoms with Gasteiger partial charge in [0, 0.05) is 31.1 Å². The molecule has 0 fully saturated rings. The second-order valence-corrected chi connectivity index (χ2v) is 8.44.